The summed E-state index contributed by atoms with van der Waals surface area (Å²) in [6.07, 6.45) is 5.69. The maximum Gasteiger partial charge on any atom is 0.270 e. The van der Waals surface area contributed by atoms with Crippen LogP contribution in [0.5, 0.6) is 5.88 Å². The molecule has 0 radical (unpaired) electrons. The van der Waals surface area contributed by atoms with Gasteiger partial charge < -0.3 is 29.1 Å². The van der Waals surface area contributed by atoms with E-state index in [4.69, 9.17) is 13.9 Å². The van der Waals surface area contributed by atoms with E-state index in [-0.39, 0.29) is 36.0 Å². The molecule has 0 bridgehead atoms. The van der Waals surface area contributed by atoms with Crippen molar-refractivity contribution in [1.29, 1.82) is 0 Å². The van der Waals surface area contributed by atoms with Crippen LogP contribution in [0.3, 0.4) is 0 Å². The predicted octanol–water partition coefficient (Wildman–Crippen LogP) is 5.70. The van der Waals surface area contributed by atoms with Crippen LogP contribution in [0, 0.1) is 25.7 Å². The molecule has 14 nitrogen and oxygen atoms in total. The highest BCUT2D eigenvalue weighted by atomic mass is 16.5. The summed E-state index contributed by atoms with van der Waals surface area (Å²) in [5, 5.41) is 10.3. The van der Waals surface area contributed by atoms with Gasteiger partial charge in [0.15, 0.2) is 11.6 Å². The number of pyridine rings is 2. The molecule has 2 aliphatic rings. The number of nitrogens with one attached hydrogen (secondary N) is 3. The zero-order chi connectivity index (χ0) is 40.5. The molecule has 4 aromatic heterocycles. The third kappa shape index (κ3) is 7.51. The lowest BCUT2D eigenvalue weighted by Gasteiger charge is -2.24. The molecule has 14 heteroatoms. The molecule has 2 aliphatic heterocycles. The number of methoxy groups -OCH3 is 1. The number of carbonyl (C=O) groups is 3. The van der Waals surface area contributed by atoms with Crippen LogP contribution in [-0.2, 0) is 21.4 Å². The molecule has 0 aliphatic carbocycles. The second-order valence-electron chi connectivity index (χ2n) is 14.6. The van der Waals surface area contributed by atoms with Gasteiger partial charge in [0.1, 0.15) is 17.0 Å². The van der Waals surface area contributed by atoms with Crippen LogP contribution in [0.4, 0.5) is 11.4 Å². The second kappa shape index (κ2) is 16.0. The molecule has 1 unspecified atom stereocenters. The topological polar surface area (TPSA) is 180 Å². The van der Waals surface area contributed by atoms with Crippen molar-refractivity contribution in [3.05, 3.63) is 105 Å². The van der Waals surface area contributed by atoms with Crippen molar-refractivity contribution >= 4 is 51.0 Å². The molecule has 3 amide bonds. The van der Waals surface area contributed by atoms with Crippen molar-refractivity contribution in [3.8, 4) is 29.1 Å². The van der Waals surface area contributed by atoms with Crippen molar-refractivity contribution < 1.29 is 28.3 Å². The predicted molar refractivity (Wildman–Crippen MR) is 217 cm³/mol. The number of amides is 3. The number of carbonyl (C=O) groups excluding carboxylic acids is 3. The van der Waals surface area contributed by atoms with Gasteiger partial charge in [-0.3, -0.25) is 29.5 Å². The number of benzene rings is 2. The van der Waals surface area contributed by atoms with Crippen LogP contribution in [-0.4, -0.2) is 64.1 Å². The first-order chi connectivity index (χ1) is 28.1. The molecule has 3 N–H and O–H groups in total. The number of furan rings is 1. The maximum atomic E-state index is 13.1. The zero-order valence-electron chi connectivity index (χ0n) is 32.5. The summed E-state index contributed by atoms with van der Waals surface area (Å²) in [5.74, 6) is 5.78. The van der Waals surface area contributed by atoms with E-state index >= 15 is 0 Å². The van der Waals surface area contributed by atoms with Gasteiger partial charge in [-0.05, 0) is 92.0 Å². The summed E-state index contributed by atoms with van der Waals surface area (Å²) in [5.41, 5.74) is 6.69. The number of anilines is 2. The normalized spacial score (nSPS) is 15.8. The Hall–Kier alpha value is -6.85. The highest BCUT2D eigenvalue weighted by molar-refractivity contribution is 6.03. The Morgan fingerprint density at radius 1 is 0.983 bits per heavy atom. The smallest absolute Gasteiger partial charge is 0.270 e. The Kier molecular flexibility index (Phi) is 10.5. The minimum atomic E-state index is -0.452. The number of hydrogen-bond acceptors (Lipinski definition) is 11. The number of imide groups is 1. The molecule has 2 aromatic carbocycles. The summed E-state index contributed by atoms with van der Waals surface area (Å²) in [7, 11) is 3.33. The van der Waals surface area contributed by atoms with Crippen LogP contribution in [0.2, 0.25) is 0 Å². The maximum absolute atomic E-state index is 13.1. The molecule has 0 spiro atoms. The summed E-state index contributed by atoms with van der Waals surface area (Å²) >= 11 is 0. The van der Waals surface area contributed by atoms with Crippen molar-refractivity contribution in [3.63, 3.8) is 0 Å². The highest BCUT2D eigenvalue weighted by Gasteiger charge is 2.30. The van der Waals surface area contributed by atoms with Gasteiger partial charge in [0.2, 0.25) is 17.7 Å². The van der Waals surface area contributed by atoms with Gasteiger partial charge in [-0.25, -0.2) is 4.98 Å². The van der Waals surface area contributed by atoms with Crippen LogP contribution in [0.25, 0.3) is 33.3 Å². The third-order valence-corrected chi connectivity index (χ3v) is 10.8. The monoisotopic (exact) mass is 779 g/mol. The quantitative estimate of drug-likeness (QED) is 0.127. The largest absolute Gasteiger partial charge is 0.479 e. The number of rotatable bonds is 8. The molecule has 2 fully saturated rings. The van der Waals surface area contributed by atoms with Gasteiger partial charge in [-0.1, -0.05) is 18.1 Å². The van der Waals surface area contributed by atoms with E-state index in [1.54, 1.807) is 42.9 Å². The van der Waals surface area contributed by atoms with Crippen LogP contribution in [0.15, 0.2) is 70.1 Å². The molecule has 2 saturated heterocycles. The summed E-state index contributed by atoms with van der Waals surface area (Å²) in [6, 6.07) is 15.1. The van der Waals surface area contributed by atoms with E-state index in [0.717, 1.165) is 45.9 Å². The number of hydrogen-bond donors (Lipinski definition) is 3. The number of ether oxygens (including phenoxy) is 2. The Bertz CT molecular complexity index is 2760. The summed E-state index contributed by atoms with van der Waals surface area (Å²) < 4.78 is 18.9. The Balaban J connectivity index is 0.970. The number of aryl methyl sites for hydroxylation is 3. The van der Waals surface area contributed by atoms with E-state index in [1.807, 2.05) is 25.1 Å². The number of fused-ring (bicyclic) bond motifs is 2. The van der Waals surface area contributed by atoms with Gasteiger partial charge >= 0.3 is 0 Å². The minimum absolute atomic E-state index is 0.0384. The average Bonchev–Trinajstić information content (AvgIpc) is 3.66. The molecule has 294 valence electrons. The number of aromatic nitrogens is 4. The Morgan fingerprint density at radius 3 is 2.59 bits per heavy atom. The molecular weight excluding hydrogens is 739 g/mol. The molecule has 6 aromatic rings. The van der Waals surface area contributed by atoms with Crippen molar-refractivity contribution in [2.45, 2.75) is 51.4 Å². The number of nitrogens with zero attached hydrogens (tertiary/aromatic N) is 4. The minimum Gasteiger partial charge on any atom is -0.479 e. The molecule has 6 heterocycles. The first-order valence-electron chi connectivity index (χ1n) is 19.1. The van der Waals surface area contributed by atoms with E-state index in [9.17, 15) is 19.2 Å². The zero-order valence-corrected chi connectivity index (χ0v) is 32.5. The van der Waals surface area contributed by atoms with E-state index in [2.05, 4.69) is 54.9 Å². The van der Waals surface area contributed by atoms with Crippen molar-refractivity contribution in [1.82, 2.24) is 30.2 Å². The lowest BCUT2D eigenvalue weighted by Crippen LogP contribution is -2.39. The molecule has 8 rings (SSSR count). The first kappa shape index (κ1) is 38.0. The fourth-order valence-electron chi connectivity index (χ4n) is 7.72. The molecule has 1 atom stereocenters. The van der Waals surface area contributed by atoms with Crippen LogP contribution >= 0.6 is 0 Å². The fourth-order valence-corrected chi connectivity index (χ4v) is 7.72. The van der Waals surface area contributed by atoms with Gasteiger partial charge in [-0.15, -0.1) is 0 Å². The van der Waals surface area contributed by atoms with Gasteiger partial charge in [-0.2, -0.15) is 4.98 Å². The standard InChI is InChI=1S/C44H41N7O7/c1-24-17-28(22-46-39(24)42(54)45-14-6-7-29-21-32-30(8-5-9-37(32)58-29)31-10-11-38(52)49-41(31)53)40-47-23-35(43(50-40)56-4)48-34-19-27(26-12-15-57-16-13-26)20-36-33(34)18-25(2)44(55)51(36)3/h5,8-9,17-23,26,31,48H,10-16H2,1-4H3,(H,45,54)(H,49,52,53). The molecular formula is C44H41N7O7. The molecule has 0 saturated carbocycles. The van der Waals surface area contributed by atoms with E-state index in [0.29, 0.717) is 71.0 Å². The van der Waals surface area contributed by atoms with Crippen LogP contribution < -0.4 is 26.2 Å². The average molecular weight is 780 g/mol. The number of piperidine rings is 1. The second-order valence-corrected chi connectivity index (χ2v) is 14.6. The van der Waals surface area contributed by atoms with E-state index < -0.39 is 11.8 Å². The fraction of sp³-hybridized carbons (Fsp3) is 0.295. The SMILES string of the molecule is COc1nc(-c2cnc(C(=O)NCC#Cc3cc4c(C5CCC(=O)NC5=O)cccc4o3)c(C)c2)ncc1Nc1cc(C2CCOCC2)cc2c1cc(C)c(=O)n2C. The van der Waals surface area contributed by atoms with E-state index in [1.165, 1.54) is 13.3 Å². The Labute approximate surface area is 333 Å². The van der Waals surface area contributed by atoms with Gasteiger partial charge in [0.25, 0.3) is 11.5 Å². The highest BCUT2D eigenvalue weighted by Crippen LogP contribution is 2.37. The Morgan fingerprint density at radius 2 is 1.81 bits per heavy atom. The van der Waals surface area contributed by atoms with Crippen LogP contribution in [0.1, 0.15) is 76.0 Å². The molecule has 58 heavy (non-hydrogen) atoms. The van der Waals surface area contributed by atoms with Crippen molar-refractivity contribution in [2.75, 3.05) is 32.2 Å². The van der Waals surface area contributed by atoms with Crippen molar-refractivity contribution in [2.24, 2.45) is 7.05 Å². The lowest BCUT2D eigenvalue weighted by molar-refractivity contribution is -0.134. The van der Waals surface area contributed by atoms with Gasteiger partial charge in [0, 0.05) is 66.5 Å². The summed E-state index contributed by atoms with van der Waals surface area (Å²) in [4.78, 5) is 63.9. The van der Waals surface area contributed by atoms with Gasteiger partial charge in [0.05, 0.1) is 31.3 Å². The lowest BCUT2D eigenvalue weighted by atomic mass is 9.88. The third-order valence-electron chi connectivity index (χ3n) is 10.8. The first-order valence-corrected chi connectivity index (χ1v) is 19.1. The summed E-state index contributed by atoms with van der Waals surface area (Å²) in [6.45, 7) is 5.02.